The summed E-state index contributed by atoms with van der Waals surface area (Å²) in [5.41, 5.74) is 5.70. The van der Waals surface area contributed by atoms with Crippen molar-refractivity contribution in [3.8, 4) is 11.5 Å². The summed E-state index contributed by atoms with van der Waals surface area (Å²) < 4.78 is 13.6. The minimum absolute atomic E-state index is 0.0681. The third-order valence-electron chi connectivity index (χ3n) is 6.79. The van der Waals surface area contributed by atoms with Crippen LogP contribution < -0.4 is 14.4 Å². The van der Waals surface area contributed by atoms with Crippen LogP contribution in [0.3, 0.4) is 0 Å². The average Bonchev–Trinajstić information content (AvgIpc) is 3.11. The highest BCUT2D eigenvalue weighted by Gasteiger charge is 2.60. The normalized spacial score (nSPS) is 25.2. The van der Waals surface area contributed by atoms with Gasteiger partial charge in [-0.05, 0) is 60.9 Å². The maximum atomic E-state index is 5.51. The van der Waals surface area contributed by atoms with Crippen molar-refractivity contribution in [1.82, 2.24) is 4.57 Å². The molecule has 0 radical (unpaired) electrons. The van der Waals surface area contributed by atoms with Gasteiger partial charge in [-0.25, -0.2) is 0 Å². The van der Waals surface area contributed by atoms with E-state index < -0.39 is 0 Å². The van der Waals surface area contributed by atoms with Crippen molar-refractivity contribution in [3.63, 3.8) is 0 Å². The van der Waals surface area contributed by atoms with Crippen LogP contribution in [0, 0.1) is 0 Å². The summed E-state index contributed by atoms with van der Waals surface area (Å²) in [7, 11) is 3.49. The average molecular weight is 346 g/mol. The Bertz CT molecular complexity index is 1050. The first-order chi connectivity index (χ1) is 12.8. The first-order valence-corrected chi connectivity index (χ1v) is 9.41. The fraction of sp³-hybridized carbons (Fsp3) is 0.364. The number of methoxy groups -OCH3 is 2. The highest BCUT2D eigenvalue weighted by Crippen LogP contribution is 2.64. The number of anilines is 1. The summed E-state index contributed by atoms with van der Waals surface area (Å²) in [5, 5.41) is 1.29. The minimum Gasteiger partial charge on any atom is -0.497 e. The Labute approximate surface area is 152 Å². The smallest absolute Gasteiger partial charge is 0.124 e. The fourth-order valence-electron chi connectivity index (χ4n) is 5.62. The molecule has 3 heterocycles. The van der Waals surface area contributed by atoms with Gasteiger partial charge in [0.05, 0.1) is 19.7 Å². The third kappa shape index (κ3) is 1.52. The van der Waals surface area contributed by atoms with E-state index in [1.165, 1.54) is 40.7 Å². The van der Waals surface area contributed by atoms with Gasteiger partial charge in [-0.1, -0.05) is 0 Å². The minimum atomic E-state index is 0.0681. The van der Waals surface area contributed by atoms with E-state index in [4.69, 9.17) is 9.47 Å². The molecule has 0 bridgehead atoms. The van der Waals surface area contributed by atoms with Crippen molar-refractivity contribution in [2.45, 2.75) is 30.8 Å². The largest absolute Gasteiger partial charge is 0.497 e. The number of nitrogens with zero attached hydrogens (tertiary/aromatic N) is 2. The highest BCUT2D eigenvalue weighted by atomic mass is 16.5. The molecule has 1 fully saturated rings. The van der Waals surface area contributed by atoms with Crippen LogP contribution in [0.4, 0.5) is 5.69 Å². The summed E-state index contributed by atoms with van der Waals surface area (Å²) in [4.78, 5) is 2.66. The number of hydrogen-bond acceptors (Lipinski definition) is 3. The Kier molecular flexibility index (Phi) is 2.66. The van der Waals surface area contributed by atoms with Crippen molar-refractivity contribution in [3.05, 3.63) is 53.7 Å². The van der Waals surface area contributed by atoms with E-state index in [1.807, 2.05) is 0 Å². The van der Waals surface area contributed by atoms with E-state index in [1.54, 1.807) is 14.2 Å². The standard InChI is InChI=1S/C22H22N2O2/c1-25-16-3-5-20-14(12-16)11-15-8-10-23-21-6-4-17(26-2)13-18(21)19-7-9-22(19,23)24(15)20/h3-6,11-13,19H,7-10H2,1-2H3. The van der Waals surface area contributed by atoms with Gasteiger partial charge in [0, 0.05) is 35.7 Å². The molecule has 6 rings (SSSR count). The zero-order chi connectivity index (χ0) is 17.5. The Hall–Kier alpha value is -2.62. The number of fused-ring (bicyclic) bond motifs is 6. The monoisotopic (exact) mass is 346 g/mol. The molecule has 26 heavy (non-hydrogen) atoms. The molecule has 1 saturated carbocycles. The molecule has 0 saturated heterocycles. The zero-order valence-electron chi connectivity index (χ0n) is 15.2. The molecule has 132 valence electrons. The molecule has 4 nitrogen and oxygen atoms in total. The Balaban J connectivity index is 1.59. The molecule has 2 unspecified atom stereocenters. The van der Waals surface area contributed by atoms with Crippen molar-refractivity contribution < 1.29 is 9.47 Å². The highest BCUT2D eigenvalue weighted by molar-refractivity contribution is 5.85. The van der Waals surface area contributed by atoms with Gasteiger partial charge in [-0.3, -0.25) is 0 Å². The second kappa shape index (κ2) is 4.76. The van der Waals surface area contributed by atoms with Crippen molar-refractivity contribution in [2.24, 2.45) is 0 Å². The van der Waals surface area contributed by atoms with Gasteiger partial charge in [0.2, 0.25) is 0 Å². The molecule has 3 aromatic rings. The predicted octanol–water partition coefficient (Wildman–Crippen LogP) is 4.27. The number of ether oxygens (including phenoxy) is 2. The molecule has 4 heteroatoms. The second-order valence-electron chi connectivity index (χ2n) is 7.69. The van der Waals surface area contributed by atoms with Crippen LogP contribution in [0.5, 0.6) is 11.5 Å². The quantitative estimate of drug-likeness (QED) is 0.693. The number of hydrogen-bond donors (Lipinski definition) is 0. The topological polar surface area (TPSA) is 26.6 Å². The van der Waals surface area contributed by atoms with Crippen LogP contribution >= 0.6 is 0 Å². The van der Waals surface area contributed by atoms with E-state index in [9.17, 15) is 0 Å². The maximum absolute atomic E-state index is 5.51. The lowest BCUT2D eigenvalue weighted by Gasteiger charge is -2.55. The number of rotatable bonds is 2. The SMILES string of the molecule is COc1ccc2c(c1)C1CCC13N2CCc1cc2cc(OC)ccc2n13. The molecule has 1 aliphatic carbocycles. The lowest BCUT2D eigenvalue weighted by Crippen LogP contribution is -2.59. The second-order valence-corrected chi connectivity index (χ2v) is 7.69. The van der Waals surface area contributed by atoms with E-state index in [0.29, 0.717) is 5.92 Å². The van der Waals surface area contributed by atoms with Gasteiger partial charge in [0.15, 0.2) is 0 Å². The van der Waals surface area contributed by atoms with Gasteiger partial charge in [0.1, 0.15) is 17.2 Å². The summed E-state index contributed by atoms with van der Waals surface area (Å²) in [6, 6.07) is 15.5. The summed E-state index contributed by atoms with van der Waals surface area (Å²) in [6.07, 6.45) is 3.53. The van der Waals surface area contributed by atoms with Gasteiger partial charge < -0.3 is 18.9 Å². The van der Waals surface area contributed by atoms with Crippen LogP contribution in [0.15, 0.2) is 42.5 Å². The van der Waals surface area contributed by atoms with Crippen LogP contribution in [0.1, 0.15) is 30.0 Å². The van der Waals surface area contributed by atoms with Crippen LogP contribution in [-0.2, 0) is 12.1 Å². The lowest BCUT2D eigenvalue weighted by atomic mass is 9.70. The Morgan fingerprint density at radius 2 is 1.81 bits per heavy atom. The van der Waals surface area contributed by atoms with Crippen LogP contribution in [0.2, 0.25) is 0 Å². The summed E-state index contributed by atoms with van der Waals surface area (Å²) in [6.45, 7) is 1.09. The van der Waals surface area contributed by atoms with Crippen molar-refractivity contribution >= 4 is 16.6 Å². The van der Waals surface area contributed by atoms with E-state index >= 15 is 0 Å². The van der Waals surface area contributed by atoms with Crippen LogP contribution in [0.25, 0.3) is 10.9 Å². The molecule has 1 spiro atoms. The number of aromatic nitrogens is 1. The van der Waals surface area contributed by atoms with Gasteiger partial charge in [0.25, 0.3) is 0 Å². The van der Waals surface area contributed by atoms with Crippen molar-refractivity contribution in [1.29, 1.82) is 0 Å². The maximum Gasteiger partial charge on any atom is 0.124 e. The van der Waals surface area contributed by atoms with Gasteiger partial charge in [-0.2, -0.15) is 0 Å². The molecule has 3 aliphatic rings. The predicted molar refractivity (Wildman–Crippen MR) is 102 cm³/mol. The third-order valence-corrected chi connectivity index (χ3v) is 6.79. The molecule has 0 N–H and O–H groups in total. The van der Waals surface area contributed by atoms with E-state index in [-0.39, 0.29) is 5.66 Å². The van der Waals surface area contributed by atoms with Crippen molar-refractivity contribution in [2.75, 3.05) is 25.7 Å². The van der Waals surface area contributed by atoms with Crippen LogP contribution in [-0.4, -0.2) is 25.3 Å². The number of benzene rings is 2. The molecule has 2 aromatic carbocycles. The Morgan fingerprint density at radius 3 is 2.58 bits per heavy atom. The molecule has 2 atom stereocenters. The summed E-state index contributed by atoms with van der Waals surface area (Å²) in [5.74, 6) is 2.44. The molecule has 2 aliphatic heterocycles. The van der Waals surface area contributed by atoms with Gasteiger partial charge in [-0.15, -0.1) is 0 Å². The lowest BCUT2D eigenvalue weighted by molar-refractivity contribution is 0.103. The first-order valence-electron chi connectivity index (χ1n) is 9.41. The van der Waals surface area contributed by atoms with E-state index in [0.717, 1.165) is 24.5 Å². The Morgan fingerprint density at radius 1 is 1.00 bits per heavy atom. The first kappa shape index (κ1) is 14.5. The molecule has 0 amide bonds. The molecular weight excluding hydrogens is 324 g/mol. The molecule has 1 aromatic heterocycles. The van der Waals surface area contributed by atoms with E-state index in [2.05, 4.69) is 51.9 Å². The zero-order valence-corrected chi connectivity index (χ0v) is 15.2. The molecular formula is C22H22N2O2. The summed E-state index contributed by atoms with van der Waals surface area (Å²) >= 11 is 0. The fourth-order valence-corrected chi connectivity index (χ4v) is 5.62. The van der Waals surface area contributed by atoms with Gasteiger partial charge >= 0.3 is 0 Å².